The molecule has 2 rings (SSSR count). The van der Waals surface area contributed by atoms with Gasteiger partial charge in [0, 0.05) is 19.6 Å². The van der Waals surface area contributed by atoms with E-state index < -0.39 is 17.8 Å². The quantitative estimate of drug-likeness (QED) is 0.932. The highest BCUT2D eigenvalue weighted by Crippen LogP contribution is 2.31. The van der Waals surface area contributed by atoms with E-state index in [9.17, 15) is 18.3 Å². The highest BCUT2D eigenvalue weighted by Gasteiger charge is 2.31. The molecule has 3 nitrogen and oxygen atoms in total. The van der Waals surface area contributed by atoms with Gasteiger partial charge in [0.2, 0.25) is 0 Å². The summed E-state index contributed by atoms with van der Waals surface area (Å²) in [7, 11) is 0. The fourth-order valence-corrected chi connectivity index (χ4v) is 2.71. The molecule has 0 saturated carbocycles. The van der Waals surface area contributed by atoms with Crippen molar-refractivity contribution in [1.82, 2.24) is 4.90 Å². The largest absolute Gasteiger partial charge is 0.416 e. The maximum Gasteiger partial charge on any atom is 0.416 e. The molecule has 1 aromatic carbocycles. The van der Waals surface area contributed by atoms with Crippen LogP contribution >= 0.6 is 0 Å². The van der Waals surface area contributed by atoms with Crippen LogP contribution in [0.1, 0.15) is 31.1 Å². The summed E-state index contributed by atoms with van der Waals surface area (Å²) >= 11 is 0. The Morgan fingerprint density at radius 3 is 2.48 bits per heavy atom. The molecule has 6 heteroatoms. The summed E-state index contributed by atoms with van der Waals surface area (Å²) < 4.78 is 43.6. The second-order valence-corrected chi connectivity index (χ2v) is 5.61. The summed E-state index contributed by atoms with van der Waals surface area (Å²) in [6, 6.07) is 4.87. The summed E-state index contributed by atoms with van der Waals surface area (Å²) in [4.78, 5) is 2.02. The molecule has 0 aromatic heterocycles. The molecular weight excluding hydrogens is 283 g/mol. The van der Waals surface area contributed by atoms with Gasteiger partial charge in [-0.15, -0.1) is 0 Å². The number of hydrogen-bond acceptors (Lipinski definition) is 3. The minimum atomic E-state index is -4.39. The van der Waals surface area contributed by atoms with Gasteiger partial charge < -0.3 is 9.84 Å². The Balaban J connectivity index is 2.05. The number of aliphatic hydroxyl groups excluding tert-OH is 1. The summed E-state index contributed by atoms with van der Waals surface area (Å²) in [5, 5.41) is 10.2. The lowest BCUT2D eigenvalue weighted by molar-refractivity contribution is -0.137. The average Bonchev–Trinajstić information content (AvgIpc) is 2.36. The maximum atomic E-state index is 12.7. The zero-order valence-electron chi connectivity index (χ0n) is 12.1. The third-order valence-corrected chi connectivity index (χ3v) is 3.53. The van der Waals surface area contributed by atoms with E-state index in [1.807, 2.05) is 18.7 Å². The Morgan fingerprint density at radius 2 is 1.90 bits per heavy atom. The molecule has 1 aliphatic heterocycles. The van der Waals surface area contributed by atoms with E-state index in [1.165, 1.54) is 12.1 Å². The minimum absolute atomic E-state index is 0.0578. The number of benzene rings is 1. The SMILES string of the molecule is C[C@@H]1CN(CC(O)c2cccc(C(F)(F)F)c2)C[C@H](C)O1. The van der Waals surface area contributed by atoms with E-state index in [-0.39, 0.29) is 17.8 Å². The lowest BCUT2D eigenvalue weighted by Gasteiger charge is -2.36. The van der Waals surface area contributed by atoms with Gasteiger partial charge in [-0.25, -0.2) is 0 Å². The first kappa shape index (κ1) is 16.3. The van der Waals surface area contributed by atoms with Gasteiger partial charge in [-0.1, -0.05) is 12.1 Å². The first-order valence-corrected chi connectivity index (χ1v) is 6.98. The normalized spacial score (nSPS) is 25.8. The van der Waals surface area contributed by atoms with Gasteiger partial charge in [-0.2, -0.15) is 13.2 Å². The first-order chi connectivity index (χ1) is 9.75. The van der Waals surface area contributed by atoms with Crippen LogP contribution in [-0.2, 0) is 10.9 Å². The molecule has 1 unspecified atom stereocenters. The second kappa shape index (κ2) is 6.34. The molecule has 21 heavy (non-hydrogen) atoms. The van der Waals surface area contributed by atoms with Crippen LogP contribution < -0.4 is 0 Å². The number of ether oxygens (including phenoxy) is 1. The molecule has 1 aliphatic rings. The van der Waals surface area contributed by atoms with Gasteiger partial charge >= 0.3 is 6.18 Å². The molecule has 1 heterocycles. The molecule has 1 saturated heterocycles. The maximum absolute atomic E-state index is 12.7. The molecule has 0 radical (unpaired) electrons. The smallest absolute Gasteiger partial charge is 0.387 e. The highest BCUT2D eigenvalue weighted by atomic mass is 19.4. The molecule has 0 amide bonds. The standard InChI is InChI=1S/C15H20F3NO2/c1-10-7-19(8-11(2)21-10)9-14(20)12-4-3-5-13(6-12)15(16,17)18/h3-6,10-11,14,20H,7-9H2,1-2H3/t10-,11+,14?. The summed E-state index contributed by atoms with van der Waals surface area (Å²) in [5.74, 6) is 0. The number of halogens is 3. The van der Waals surface area contributed by atoms with E-state index in [0.717, 1.165) is 12.1 Å². The topological polar surface area (TPSA) is 32.7 Å². The van der Waals surface area contributed by atoms with Crippen LogP contribution in [0.15, 0.2) is 24.3 Å². The van der Waals surface area contributed by atoms with Crippen molar-refractivity contribution in [1.29, 1.82) is 0 Å². The molecule has 0 aliphatic carbocycles. The van der Waals surface area contributed by atoms with Crippen LogP contribution in [0, 0.1) is 0 Å². The molecular formula is C15H20F3NO2. The van der Waals surface area contributed by atoms with E-state index in [2.05, 4.69) is 0 Å². The van der Waals surface area contributed by atoms with Crippen LogP contribution in [0.2, 0.25) is 0 Å². The molecule has 1 N–H and O–H groups in total. The van der Waals surface area contributed by atoms with Crippen LogP contribution in [0.25, 0.3) is 0 Å². The number of rotatable bonds is 3. The number of alkyl halides is 3. The predicted molar refractivity (Wildman–Crippen MR) is 72.9 cm³/mol. The van der Waals surface area contributed by atoms with Gasteiger partial charge in [0.25, 0.3) is 0 Å². The number of hydrogen-bond donors (Lipinski definition) is 1. The van der Waals surface area contributed by atoms with E-state index in [0.29, 0.717) is 19.6 Å². The molecule has 0 bridgehead atoms. The third-order valence-electron chi connectivity index (χ3n) is 3.53. The van der Waals surface area contributed by atoms with Gasteiger partial charge in [0.1, 0.15) is 0 Å². The van der Waals surface area contributed by atoms with Crippen molar-refractivity contribution in [2.24, 2.45) is 0 Å². The van der Waals surface area contributed by atoms with Gasteiger partial charge in [-0.05, 0) is 31.5 Å². The second-order valence-electron chi connectivity index (χ2n) is 5.61. The molecule has 118 valence electrons. The van der Waals surface area contributed by atoms with Crippen LogP contribution in [0.4, 0.5) is 13.2 Å². The molecule has 1 aromatic rings. The van der Waals surface area contributed by atoms with E-state index in [4.69, 9.17) is 4.74 Å². The zero-order chi connectivity index (χ0) is 15.6. The number of aliphatic hydroxyl groups is 1. The van der Waals surface area contributed by atoms with E-state index in [1.54, 1.807) is 0 Å². The number of morpholine rings is 1. The Kier molecular flexibility index (Phi) is 4.91. The lowest BCUT2D eigenvalue weighted by atomic mass is 10.0. The average molecular weight is 303 g/mol. The fourth-order valence-electron chi connectivity index (χ4n) is 2.71. The zero-order valence-corrected chi connectivity index (χ0v) is 12.1. The number of β-amino-alcohol motifs (C(OH)–C–C–N with tert-alkyl or cyclic N) is 1. The van der Waals surface area contributed by atoms with E-state index >= 15 is 0 Å². The Morgan fingerprint density at radius 1 is 1.29 bits per heavy atom. The molecule has 0 spiro atoms. The third kappa shape index (κ3) is 4.43. The van der Waals surface area contributed by atoms with Crippen LogP contribution in [-0.4, -0.2) is 41.8 Å². The van der Waals surface area contributed by atoms with Gasteiger partial charge in [-0.3, -0.25) is 4.90 Å². The van der Waals surface area contributed by atoms with Crippen molar-refractivity contribution in [2.75, 3.05) is 19.6 Å². The van der Waals surface area contributed by atoms with Crippen molar-refractivity contribution in [3.8, 4) is 0 Å². The van der Waals surface area contributed by atoms with Gasteiger partial charge in [0.05, 0.1) is 23.9 Å². The number of nitrogens with zero attached hydrogens (tertiary/aromatic N) is 1. The fraction of sp³-hybridized carbons (Fsp3) is 0.600. The Labute approximate surface area is 122 Å². The Hall–Kier alpha value is -1.11. The molecule has 3 atom stereocenters. The Bertz CT molecular complexity index is 468. The van der Waals surface area contributed by atoms with Gasteiger partial charge in [0.15, 0.2) is 0 Å². The van der Waals surface area contributed by atoms with Crippen LogP contribution in [0.3, 0.4) is 0 Å². The summed E-state index contributed by atoms with van der Waals surface area (Å²) in [6.07, 6.45) is -5.22. The monoisotopic (exact) mass is 303 g/mol. The predicted octanol–water partition coefficient (Wildman–Crippen LogP) is 2.85. The van der Waals surface area contributed by atoms with Crippen molar-refractivity contribution >= 4 is 0 Å². The lowest BCUT2D eigenvalue weighted by Crippen LogP contribution is -2.46. The van der Waals surface area contributed by atoms with Crippen molar-refractivity contribution < 1.29 is 23.0 Å². The minimum Gasteiger partial charge on any atom is -0.387 e. The van der Waals surface area contributed by atoms with Crippen LogP contribution in [0.5, 0.6) is 0 Å². The summed E-state index contributed by atoms with van der Waals surface area (Å²) in [6.45, 7) is 5.53. The summed E-state index contributed by atoms with van der Waals surface area (Å²) in [5.41, 5.74) is -0.445. The van der Waals surface area contributed by atoms with Crippen molar-refractivity contribution in [3.63, 3.8) is 0 Å². The van der Waals surface area contributed by atoms with Crippen molar-refractivity contribution in [3.05, 3.63) is 35.4 Å². The highest BCUT2D eigenvalue weighted by molar-refractivity contribution is 5.27. The molecule has 1 fully saturated rings. The first-order valence-electron chi connectivity index (χ1n) is 6.98. The van der Waals surface area contributed by atoms with Crippen molar-refractivity contribution in [2.45, 2.75) is 38.3 Å².